The summed E-state index contributed by atoms with van der Waals surface area (Å²) in [4.78, 5) is 2.61. The first-order chi connectivity index (χ1) is 10.9. The molecule has 0 saturated carbocycles. The Morgan fingerprint density at radius 2 is 0.870 bits per heavy atom. The second-order valence-corrected chi connectivity index (χ2v) is 6.31. The summed E-state index contributed by atoms with van der Waals surface area (Å²) in [5.74, 6) is 0. The number of hydrogen-bond acceptors (Lipinski definition) is 4. The summed E-state index contributed by atoms with van der Waals surface area (Å²) in [5, 5.41) is 0. The van der Waals surface area contributed by atoms with E-state index in [0.717, 1.165) is 0 Å². The molecule has 0 aliphatic heterocycles. The highest BCUT2D eigenvalue weighted by molar-refractivity contribution is 7.18. The predicted octanol–water partition coefficient (Wildman–Crippen LogP) is 0.607. The van der Waals surface area contributed by atoms with Crippen LogP contribution in [0.25, 0.3) is 20.9 Å². The fraction of sp³-hybridized carbons (Fsp3) is 0. The van der Waals surface area contributed by atoms with Crippen molar-refractivity contribution in [1.29, 1.82) is 0 Å². The monoisotopic (exact) mass is 348 g/mol. The third-order valence-corrected chi connectivity index (χ3v) is 4.02. The summed E-state index contributed by atoms with van der Waals surface area (Å²) in [6.45, 7) is 0. The van der Waals surface area contributed by atoms with Crippen molar-refractivity contribution in [3.8, 4) is 20.9 Å². The molecule has 118 valence electrons. The number of benzene rings is 2. The van der Waals surface area contributed by atoms with Gasteiger partial charge in [-0.25, -0.2) is 18.6 Å². The van der Waals surface area contributed by atoms with Crippen LogP contribution in [0.15, 0.2) is 78.9 Å². The lowest BCUT2D eigenvalue weighted by molar-refractivity contribution is -2.00. The molecule has 0 aliphatic carbocycles. The Hall–Kier alpha value is -1.86. The molecule has 23 heavy (non-hydrogen) atoms. The predicted molar refractivity (Wildman–Crippen MR) is 79.6 cm³/mol. The molecule has 0 N–H and O–H groups in total. The minimum Gasteiger partial charge on any atom is -0.222 e. The van der Waals surface area contributed by atoms with Crippen molar-refractivity contribution in [2.75, 3.05) is 0 Å². The van der Waals surface area contributed by atoms with E-state index in [-0.39, 0.29) is 0 Å². The van der Waals surface area contributed by atoms with Gasteiger partial charge in [0.25, 0.3) is 0 Å². The van der Waals surface area contributed by atoms with Crippen molar-refractivity contribution < 1.29 is 28.9 Å². The van der Waals surface area contributed by atoms with Crippen LogP contribution >= 0.6 is 11.3 Å². The summed E-state index contributed by atoms with van der Waals surface area (Å²) < 4.78 is 34.0. The van der Waals surface area contributed by atoms with Gasteiger partial charge in [-0.1, -0.05) is 42.5 Å². The van der Waals surface area contributed by atoms with Gasteiger partial charge < -0.3 is 0 Å². The molecule has 0 radical (unpaired) electrons. The zero-order valence-corrected chi connectivity index (χ0v) is 13.5. The molecular formula is C17H13ClO4S. The molecule has 0 spiro atoms. The minimum atomic E-state index is -4.94. The summed E-state index contributed by atoms with van der Waals surface area (Å²) in [7, 11) is -4.94. The number of rotatable bonds is 2. The summed E-state index contributed by atoms with van der Waals surface area (Å²) in [6, 6.07) is 27.5. The lowest BCUT2D eigenvalue weighted by Gasteiger charge is -2.17. The molecule has 0 unspecified atom stereocenters. The first-order valence-electron chi connectivity index (χ1n) is 6.59. The molecule has 0 fully saturated rings. The zero-order valence-electron chi connectivity index (χ0n) is 11.9. The van der Waals surface area contributed by atoms with Crippen molar-refractivity contribution in [3.05, 3.63) is 78.9 Å². The Bertz CT molecular complexity index is 670. The van der Waals surface area contributed by atoms with Crippen LogP contribution < -0.4 is 18.6 Å². The van der Waals surface area contributed by atoms with Crippen LogP contribution in [0.4, 0.5) is 0 Å². The summed E-state index contributed by atoms with van der Waals surface area (Å²) >= 11 is 1.83. The van der Waals surface area contributed by atoms with Crippen molar-refractivity contribution in [2.24, 2.45) is 0 Å². The fourth-order valence-electron chi connectivity index (χ4n) is 1.92. The minimum absolute atomic E-state index is 1.28. The molecule has 2 aromatic carbocycles. The van der Waals surface area contributed by atoms with Crippen molar-refractivity contribution in [1.82, 2.24) is 0 Å². The number of halogens is 1. The molecule has 6 heteroatoms. The van der Waals surface area contributed by atoms with Crippen LogP contribution in [-0.2, 0) is 0 Å². The highest BCUT2D eigenvalue weighted by atomic mass is 35.7. The maximum atomic E-state index is 8.49. The Kier molecular flexibility index (Phi) is 6.18. The molecule has 0 aliphatic rings. The second kappa shape index (κ2) is 8.12. The normalized spacial score (nSPS) is 10.6. The Balaban J connectivity index is 0.000000338. The van der Waals surface area contributed by atoms with Gasteiger partial charge >= 0.3 is 0 Å². The van der Waals surface area contributed by atoms with E-state index in [2.05, 4.69) is 78.9 Å². The fourth-order valence-corrected chi connectivity index (χ4v) is 2.96. The van der Waals surface area contributed by atoms with E-state index in [4.69, 9.17) is 18.6 Å². The first kappa shape index (κ1) is 17.5. The Labute approximate surface area is 140 Å². The Morgan fingerprint density at radius 1 is 0.522 bits per heavy atom. The average molecular weight is 349 g/mol. The average Bonchev–Trinajstić information content (AvgIpc) is 2.55. The van der Waals surface area contributed by atoms with Gasteiger partial charge in [0.15, 0.2) is 0 Å². The van der Waals surface area contributed by atoms with Crippen molar-refractivity contribution in [3.63, 3.8) is 0 Å². The molecule has 0 atom stereocenters. The topological polar surface area (TPSA) is 92.2 Å². The van der Waals surface area contributed by atoms with E-state index >= 15 is 0 Å². The van der Waals surface area contributed by atoms with Gasteiger partial charge in [-0.15, -0.1) is 10.2 Å². The van der Waals surface area contributed by atoms with Crippen LogP contribution in [0.2, 0.25) is 0 Å². The lowest BCUT2D eigenvalue weighted by atomic mass is 10.2. The highest BCUT2D eigenvalue weighted by Gasteiger charge is 2.14. The van der Waals surface area contributed by atoms with E-state index in [1.165, 1.54) is 20.9 Å². The summed E-state index contributed by atoms with van der Waals surface area (Å²) in [6.07, 6.45) is 0. The Morgan fingerprint density at radius 3 is 1.22 bits per heavy atom. The third-order valence-electron chi connectivity index (χ3n) is 2.83. The largest absolute Gasteiger partial charge is 0.238 e. The molecule has 1 aromatic heterocycles. The standard InChI is InChI=1S/C17H13S.ClHO4/c1-3-8-14(9-4-1)16-12-7-13-17(18-16)15-10-5-2-6-11-15;2-1(3,4)5/h1-13H;(H,2,3,4,5)/q+1;/p-1. The van der Waals surface area contributed by atoms with Gasteiger partial charge in [0.1, 0.15) is 0 Å². The maximum absolute atomic E-state index is 8.49. The second-order valence-electron chi connectivity index (χ2n) is 4.47. The quantitative estimate of drug-likeness (QED) is 0.634. The summed E-state index contributed by atoms with van der Waals surface area (Å²) in [5.41, 5.74) is 2.56. The van der Waals surface area contributed by atoms with E-state index in [1.807, 2.05) is 11.3 Å². The van der Waals surface area contributed by atoms with E-state index in [1.54, 1.807) is 0 Å². The maximum Gasteiger partial charge on any atom is 0.238 e. The molecule has 3 rings (SSSR count). The van der Waals surface area contributed by atoms with E-state index in [0.29, 0.717) is 0 Å². The van der Waals surface area contributed by atoms with Gasteiger partial charge in [0, 0.05) is 23.3 Å². The van der Waals surface area contributed by atoms with Crippen LogP contribution in [-0.4, -0.2) is 0 Å². The van der Waals surface area contributed by atoms with Gasteiger partial charge in [-0.05, 0) is 24.3 Å². The molecule has 4 nitrogen and oxygen atoms in total. The van der Waals surface area contributed by atoms with Crippen LogP contribution in [0.5, 0.6) is 0 Å². The SMILES string of the molecule is [O-][Cl+3]([O-])([O-])[O-].c1ccc(-c2cccc(-c3ccccc3)[s+]2)cc1. The zero-order chi connectivity index (χ0) is 16.7. The van der Waals surface area contributed by atoms with Crippen molar-refractivity contribution >= 4 is 11.3 Å². The molecule has 0 saturated heterocycles. The molecule has 1 heterocycles. The van der Waals surface area contributed by atoms with E-state index in [9.17, 15) is 0 Å². The van der Waals surface area contributed by atoms with Gasteiger partial charge in [-0.2, -0.15) is 0 Å². The van der Waals surface area contributed by atoms with Crippen molar-refractivity contribution in [2.45, 2.75) is 0 Å². The van der Waals surface area contributed by atoms with Crippen LogP contribution in [0.3, 0.4) is 0 Å². The molecular weight excluding hydrogens is 336 g/mol. The highest BCUT2D eigenvalue weighted by Crippen LogP contribution is 2.31. The van der Waals surface area contributed by atoms with Gasteiger partial charge in [0.2, 0.25) is 21.1 Å². The lowest BCUT2D eigenvalue weighted by Crippen LogP contribution is -2.68. The molecule has 0 bridgehead atoms. The smallest absolute Gasteiger partial charge is 0.222 e. The number of hydrogen-bond donors (Lipinski definition) is 0. The molecule has 3 aromatic rings. The first-order valence-corrected chi connectivity index (χ1v) is 8.64. The van der Waals surface area contributed by atoms with E-state index < -0.39 is 10.2 Å². The van der Waals surface area contributed by atoms with Gasteiger partial charge in [-0.3, -0.25) is 0 Å². The third kappa shape index (κ3) is 6.42. The molecule has 0 amide bonds. The van der Waals surface area contributed by atoms with Crippen LogP contribution in [0, 0.1) is 10.2 Å². The van der Waals surface area contributed by atoms with Gasteiger partial charge in [0.05, 0.1) is 0 Å². The van der Waals surface area contributed by atoms with Crippen LogP contribution in [0.1, 0.15) is 0 Å².